The molecule has 1 saturated carbocycles. The number of carbonyl (C=O) groups excluding carboxylic acids is 1. The number of pyridine rings is 1. The van der Waals surface area contributed by atoms with Crippen molar-refractivity contribution >= 4 is 5.91 Å². The predicted molar refractivity (Wildman–Crippen MR) is 130 cm³/mol. The van der Waals surface area contributed by atoms with Crippen molar-refractivity contribution in [2.45, 2.75) is 58.2 Å². The van der Waals surface area contributed by atoms with E-state index < -0.39 is 17.2 Å². The highest BCUT2D eigenvalue weighted by Crippen LogP contribution is 2.26. The van der Waals surface area contributed by atoms with E-state index in [-0.39, 0.29) is 17.6 Å². The van der Waals surface area contributed by atoms with E-state index in [0.717, 1.165) is 37.8 Å². The number of rotatable bonds is 8. The molecule has 1 unspecified atom stereocenters. The largest absolute Gasteiger partial charge is 0.501 e. The van der Waals surface area contributed by atoms with Crippen molar-refractivity contribution in [1.29, 1.82) is 0 Å². The highest BCUT2D eigenvalue weighted by atomic mass is 16.3. The number of nitrogens with one attached hydrogen (secondary N) is 3. The summed E-state index contributed by atoms with van der Waals surface area (Å²) in [6, 6.07) is 13.7. The fraction of sp³-hybridized carbons (Fsp3) is 0.385. The van der Waals surface area contributed by atoms with Gasteiger partial charge in [0.05, 0.1) is 0 Å². The number of aromatic hydroxyl groups is 1. The Balaban J connectivity index is 1.48. The zero-order chi connectivity index (χ0) is 23.9. The van der Waals surface area contributed by atoms with Crippen LogP contribution in [-0.2, 0) is 13.1 Å². The molecule has 8 heteroatoms. The summed E-state index contributed by atoms with van der Waals surface area (Å²) in [6.07, 6.45) is 7.31. The molecule has 4 rings (SSSR count). The van der Waals surface area contributed by atoms with Crippen LogP contribution in [0.2, 0.25) is 0 Å². The van der Waals surface area contributed by atoms with Crippen LogP contribution in [-0.4, -0.2) is 32.0 Å². The summed E-state index contributed by atoms with van der Waals surface area (Å²) < 4.78 is 0. The van der Waals surface area contributed by atoms with Crippen molar-refractivity contribution in [2.24, 2.45) is 5.92 Å². The van der Waals surface area contributed by atoms with Crippen LogP contribution >= 0.6 is 0 Å². The second-order valence-electron chi connectivity index (χ2n) is 8.91. The number of amides is 1. The van der Waals surface area contributed by atoms with Gasteiger partial charge in [-0.15, -0.1) is 0 Å². The molecule has 3 aromatic rings. The van der Waals surface area contributed by atoms with Gasteiger partial charge in [0.25, 0.3) is 11.5 Å². The van der Waals surface area contributed by atoms with E-state index in [9.17, 15) is 14.7 Å². The SMILES string of the molecule is CC(NC(=O)c1nc(-c2cc(CNCc3ccccc3)ccn2)[nH]c(=O)c1O)C1CCCCC1. The Hall–Kier alpha value is -3.52. The van der Waals surface area contributed by atoms with Crippen LogP contribution in [0.25, 0.3) is 11.5 Å². The van der Waals surface area contributed by atoms with Crippen molar-refractivity contribution in [2.75, 3.05) is 0 Å². The summed E-state index contributed by atoms with van der Waals surface area (Å²) in [5.41, 5.74) is 1.50. The number of hydrogen-bond donors (Lipinski definition) is 4. The van der Waals surface area contributed by atoms with Gasteiger partial charge in [0.2, 0.25) is 5.75 Å². The van der Waals surface area contributed by atoms with Crippen molar-refractivity contribution in [3.8, 4) is 17.3 Å². The predicted octanol–water partition coefficient (Wildman–Crippen LogP) is 3.53. The van der Waals surface area contributed by atoms with Crippen LogP contribution < -0.4 is 16.2 Å². The number of aromatic nitrogens is 3. The minimum Gasteiger partial charge on any atom is -0.501 e. The molecule has 1 amide bonds. The van der Waals surface area contributed by atoms with Crippen molar-refractivity contribution in [1.82, 2.24) is 25.6 Å². The fourth-order valence-electron chi connectivity index (χ4n) is 4.43. The van der Waals surface area contributed by atoms with Crippen LogP contribution in [0.1, 0.15) is 60.6 Å². The molecule has 0 aliphatic heterocycles. The first-order chi connectivity index (χ1) is 16.5. The second-order valence-corrected chi connectivity index (χ2v) is 8.91. The van der Waals surface area contributed by atoms with E-state index in [4.69, 9.17) is 0 Å². The van der Waals surface area contributed by atoms with Gasteiger partial charge in [0.1, 0.15) is 5.69 Å². The van der Waals surface area contributed by atoms with Crippen LogP contribution in [0.15, 0.2) is 53.5 Å². The maximum absolute atomic E-state index is 12.9. The maximum Gasteiger partial charge on any atom is 0.294 e. The molecule has 34 heavy (non-hydrogen) atoms. The molecule has 0 spiro atoms. The molecule has 0 bridgehead atoms. The first kappa shape index (κ1) is 23.6. The first-order valence-electron chi connectivity index (χ1n) is 11.9. The van der Waals surface area contributed by atoms with Crippen molar-refractivity contribution in [3.63, 3.8) is 0 Å². The van der Waals surface area contributed by atoms with Gasteiger partial charge in [-0.05, 0) is 48.9 Å². The molecule has 0 saturated heterocycles. The van der Waals surface area contributed by atoms with Crippen LogP contribution in [0.5, 0.6) is 5.75 Å². The lowest BCUT2D eigenvalue weighted by molar-refractivity contribution is 0.0911. The molecule has 1 fully saturated rings. The molecule has 178 valence electrons. The Morgan fingerprint density at radius 1 is 1.12 bits per heavy atom. The van der Waals surface area contributed by atoms with Gasteiger partial charge in [-0.2, -0.15) is 0 Å². The summed E-state index contributed by atoms with van der Waals surface area (Å²) in [5, 5.41) is 16.5. The minimum absolute atomic E-state index is 0.0612. The van der Waals surface area contributed by atoms with Crippen LogP contribution in [0, 0.1) is 5.92 Å². The minimum atomic E-state index is -0.769. The Morgan fingerprint density at radius 2 is 1.85 bits per heavy atom. The molecule has 1 atom stereocenters. The molecule has 0 radical (unpaired) electrons. The van der Waals surface area contributed by atoms with E-state index in [1.807, 2.05) is 31.2 Å². The third kappa shape index (κ3) is 5.88. The lowest BCUT2D eigenvalue weighted by atomic mass is 9.84. The average Bonchev–Trinajstić information content (AvgIpc) is 2.87. The number of nitrogens with zero attached hydrogens (tertiary/aromatic N) is 2. The van der Waals surface area contributed by atoms with Crippen LogP contribution in [0.3, 0.4) is 0 Å². The van der Waals surface area contributed by atoms with Crippen molar-refractivity contribution in [3.05, 3.63) is 75.8 Å². The fourth-order valence-corrected chi connectivity index (χ4v) is 4.43. The third-order valence-electron chi connectivity index (χ3n) is 6.39. The average molecular weight is 462 g/mol. The Labute approximate surface area is 198 Å². The summed E-state index contributed by atoms with van der Waals surface area (Å²) in [6.45, 7) is 3.28. The number of carbonyl (C=O) groups is 1. The molecular formula is C26H31N5O3. The van der Waals surface area contributed by atoms with E-state index >= 15 is 0 Å². The summed E-state index contributed by atoms with van der Waals surface area (Å²) in [7, 11) is 0. The standard InChI is InChI=1S/C26H31N5O3/c1-17(20-10-6-3-7-11-20)29-25(33)22-23(32)26(34)31-24(30-22)21-14-19(12-13-28-21)16-27-15-18-8-4-2-5-9-18/h2,4-5,8-9,12-14,17,20,27,32H,3,6-7,10-11,15-16H2,1H3,(H,29,33)(H,30,31,34). The first-order valence-corrected chi connectivity index (χ1v) is 11.9. The smallest absolute Gasteiger partial charge is 0.294 e. The normalized spacial score (nSPS) is 15.1. The maximum atomic E-state index is 12.9. The van der Waals surface area contributed by atoms with Gasteiger partial charge >= 0.3 is 0 Å². The van der Waals surface area contributed by atoms with E-state index in [0.29, 0.717) is 18.2 Å². The van der Waals surface area contributed by atoms with Gasteiger partial charge in [-0.3, -0.25) is 14.6 Å². The number of hydrogen-bond acceptors (Lipinski definition) is 6. The highest BCUT2D eigenvalue weighted by molar-refractivity contribution is 5.95. The monoisotopic (exact) mass is 461 g/mol. The van der Waals surface area contributed by atoms with E-state index in [1.54, 1.807) is 12.3 Å². The van der Waals surface area contributed by atoms with Gasteiger partial charge in [0, 0.05) is 25.3 Å². The number of benzene rings is 1. The summed E-state index contributed by atoms with van der Waals surface area (Å²) in [4.78, 5) is 36.4. The molecule has 2 aromatic heterocycles. The highest BCUT2D eigenvalue weighted by Gasteiger charge is 2.25. The zero-order valence-electron chi connectivity index (χ0n) is 19.4. The van der Waals surface area contributed by atoms with Gasteiger partial charge in [-0.25, -0.2) is 4.98 Å². The summed E-state index contributed by atoms with van der Waals surface area (Å²) >= 11 is 0. The third-order valence-corrected chi connectivity index (χ3v) is 6.39. The molecule has 1 aliphatic carbocycles. The Bertz CT molecular complexity index is 1170. The molecular weight excluding hydrogens is 430 g/mol. The Morgan fingerprint density at radius 3 is 2.62 bits per heavy atom. The topological polar surface area (TPSA) is 120 Å². The van der Waals surface area contributed by atoms with Gasteiger partial charge in [0.15, 0.2) is 11.5 Å². The summed E-state index contributed by atoms with van der Waals surface area (Å²) in [5.74, 6) is -0.701. The quantitative estimate of drug-likeness (QED) is 0.407. The van der Waals surface area contributed by atoms with E-state index in [2.05, 4.69) is 37.7 Å². The molecule has 2 heterocycles. The Kier molecular flexibility index (Phi) is 7.69. The van der Waals surface area contributed by atoms with Gasteiger partial charge < -0.3 is 20.7 Å². The number of aromatic amines is 1. The molecule has 1 aromatic carbocycles. The molecule has 4 N–H and O–H groups in total. The lowest BCUT2D eigenvalue weighted by Crippen LogP contribution is -2.39. The molecule has 8 nitrogen and oxygen atoms in total. The lowest BCUT2D eigenvalue weighted by Gasteiger charge is -2.28. The second kappa shape index (κ2) is 11.1. The van der Waals surface area contributed by atoms with Crippen molar-refractivity contribution < 1.29 is 9.90 Å². The number of H-pyrrole nitrogens is 1. The van der Waals surface area contributed by atoms with Gasteiger partial charge in [-0.1, -0.05) is 49.6 Å². The van der Waals surface area contributed by atoms with Crippen LogP contribution in [0.4, 0.5) is 0 Å². The zero-order valence-corrected chi connectivity index (χ0v) is 19.4. The van der Waals surface area contributed by atoms with E-state index in [1.165, 1.54) is 12.0 Å². The molecule has 1 aliphatic rings.